The summed E-state index contributed by atoms with van der Waals surface area (Å²) in [6.45, 7) is 0. The average Bonchev–Trinajstić information content (AvgIpc) is 3.32. The Kier molecular flexibility index (Phi) is 7.07. The number of nitrogens with zero attached hydrogens (tertiary/aromatic N) is 3. The highest BCUT2D eigenvalue weighted by molar-refractivity contribution is 7.96. The molecule has 0 aliphatic heterocycles. The number of alkyl halides is 3. The van der Waals surface area contributed by atoms with Crippen LogP contribution in [0.15, 0.2) is 83.5 Å². The van der Waals surface area contributed by atoms with E-state index in [9.17, 15) is 26.7 Å². The molecular weight excluding hydrogens is 541 g/mol. The van der Waals surface area contributed by atoms with Crippen molar-refractivity contribution in [3.05, 3.63) is 96.3 Å². The molecule has 0 atom stereocenters. The third-order valence-electron chi connectivity index (χ3n) is 5.48. The highest BCUT2D eigenvalue weighted by Gasteiger charge is 2.31. The third kappa shape index (κ3) is 6.09. The minimum atomic E-state index is -4.76. The van der Waals surface area contributed by atoms with Crippen molar-refractivity contribution in [3.63, 3.8) is 0 Å². The maximum absolute atomic E-state index is 13.6. The molecule has 0 aliphatic carbocycles. The zero-order chi connectivity index (χ0) is 27.6. The highest BCUT2D eigenvalue weighted by Crippen LogP contribution is 2.29. The quantitative estimate of drug-likeness (QED) is 0.132. The number of hydrogen-bond donors (Lipinski definition) is 2. The molecule has 0 unspecified atom stereocenters. The van der Waals surface area contributed by atoms with Gasteiger partial charge in [0.05, 0.1) is 28.9 Å². The number of aromatic nitrogens is 2. The number of urea groups is 1. The fraction of sp³-hybridized carbons (Fsp3) is 0.0385. The van der Waals surface area contributed by atoms with Gasteiger partial charge in [-0.25, -0.2) is 23.0 Å². The fourth-order valence-electron chi connectivity index (χ4n) is 3.82. The SMILES string of the molecule is O=C(NS/N=C/c1ccc2c(ccc3c2ncn3-c2ccc(OC(F)(F)F)cc2)c1)Nc1ccc(F)cc1F. The van der Waals surface area contributed by atoms with E-state index in [1.165, 1.54) is 30.5 Å². The summed E-state index contributed by atoms with van der Waals surface area (Å²) < 4.78 is 76.0. The van der Waals surface area contributed by atoms with Crippen molar-refractivity contribution >= 4 is 51.9 Å². The largest absolute Gasteiger partial charge is 0.573 e. The van der Waals surface area contributed by atoms with E-state index in [2.05, 4.69) is 24.2 Å². The summed E-state index contributed by atoms with van der Waals surface area (Å²) in [6.07, 6.45) is -1.65. The van der Waals surface area contributed by atoms with E-state index in [-0.39, 0.29) is 11.4 Å². The Labute approximate surface area is 221 Å². The number of imidazole rings is 1. The minimum absolute atomic E-state index is 0.172. The molecule has 7 nitrogen and oxygen atoms in total. The van der Waals surface area contributed by atoms with Crippen LogP contribution < -0.4 is 14.8 Å². The normalized spacial score (nSPS) is 11.8. The van der Waals surface area contributed by atoms with Gasteiger partial charge in [0.1, 0.15) is 23.7 Å². The van der Waals surface area contributed by atoms with Gasteiger partial charge in [0.15, 0.2) is 0 Å². The minimum Gasteiger partial charge on any atom is -0.406 e. The second-order valence-electron chi connectivity index (χ2n) is 8.08. The third-order valence-corrected chi connectivity index (χ3v) is 5.96. The van der Waals surface area contributed by atoms with Crippen LogP contribution in [0, 0.1) is 11.6 Å². The van der Waals surface area contributed by atoms with E-state index in [0.29, 0.717) is 17.3 Å². The lowest BCUT2D eigenvalue weighted by atomic mass is 10.1. The van der Waals surface area contributed by atoms with Crippen LogP contribution in [0.1, 0.15) is 5.56 Å². The number of amides is 2. The van der Waals surface area contributed by atoms with E-state index in [0.717, 1.165) is 46.1 Å². The van der Waals surface area contributed by atoms with Gasteiger partial charge in [-0.15, -0.1) is 13.2 Å². The number of hydrogen-bond acceptors (Lipinski definition) is 5. The monoisotopic (exact) mass is 557 g/mol. The number of anilines is 1. The molecule has 0 bridgehead atoms. The summed E-state index contributed by atoms with van der Waals surface area (Å²) in [5.41, 5.74) is 2.64. The fourth-order valence-corrected chi connectivity index (χ4v) is 4.18. The number of fused-ring (bicyclic) bond motifs is 3. The summed E-state index contributed by atoms with van der Waals surface area (Å²) in [7, 11) is 0. The molecule has 5 aromatic rings. The standard InChI is InChI=1S/C26H16F5N5O2S/c27-17-3-9-22(21(28)12-17)34-25(37)35-39-33-13-15-1-8-20-16(11-15)2-10-23-24(20)32-14-36(23)18-4-6-19(7-5-18)38-26(29,30)31/h1-14H,(H2,34,35,37)/b33-13+. The Bertz CT molecular complexity index is 1700. The Hall–Kier alpha value is -4.65. The number of ether oxygens (including phenoxy) is 1. The molecule has 0 radical (unpaired) electrons. The second kappa shape index (κ2) is 10.6. The van der Waals surface area contributed by atoms with E-state index >= 15 is 0 Å². The number of nitrogens with one attached hydrogen (secondary N) is 2. The van der Waals surface area contributed by atoms with Gasteiger partial charge in [0.2, 0.25) is 0 Å². The van der Waals surface area contributed by atoms with Crippen LogP contribution in [0.5, 0.6) is 5.75 Å². The van der Waals surface area contributed by atoms with Gasteiger partial charge in [-0.3, -0.25) is 9.29 Å². The molecular formula is C26H16F5N5O2S. The predicted octanol–water partition coefficient (Wildman–Crippen LogP) is 7.16. The van der Waals surface area contributed by atoms with Crippen LogP contribution >= 0.6 is 12.1 Å². The van der Waals surface area contributed by atoms with Crippen molar-refractivity contribution in [1.82, 2.24) is 14.3 Å². The van der Waals surface area contributed by atoms with E-state index < -0.39 is 24.0 Å². The molecule has 4 aromatic carbocycles. The molecule has 1 heterocycles. The first-order valence-corrected chi connectivity index (χ1v) is 11.9. The van der Waals surface area contributed by atoms with Crippen molar-refractivity contribution in [1.29, 1.82) is 0 Å². The van der Waals surface area contributed by atoms with Crippen LogP contribution in [0.2, 0.25) is 0 Å². The molecule has 0 spiro atoms. The first kappa shape index (κ1) is 26.0. The Morgan fingerprint density at radius 2 is 1.79 bits per heavy atom. The van der Waals surface area contributed by atoms with Gasteiger partial charge < -0.3 is 10.1 Å². The van der Waals surface area contributed by atoms with Crippen molar-refractivity contribution in [3.8, 4) is 11.4 Å². The number of carbonyl (C=O) groups excluding carboxylic acids is 1. The number of benzene rings is 4. The predicted molar refractivity (Wildman–Crippen MR) is 139 cm³/mol. The molecule has 1 aromatic heterocycles. The Balaban J connectivity index is 1.26. The van der Waals surface area contributed by atoms with Gasteiger partial charge in [-0.2, -0.15) is 0 Å². The number of carbonyl (C=O) groups is 1. The lowest BCUT2D eigenvalue weighted by Gasteiger charge is -2.10. The summed E-state index contributed by atoms with van der Waals surface area (Å²) >= 11 is 0.721. The molecule has 2 N–H and O–H groups in total. The van der Waals surface area contributed by atoms with E-state index in [4.69, 9.17) is 0 Å². The average molecular weight is 558 g/mol. The molecule has 0 fully saturated rings. The van der Waals surface area contributed by atoms with Gasteiger partial charge in [-0.1, -0.05) is 18.2 Å². The molecule has 2 amide bonds. The van der Waals surface area contributed by atoms with Crippen molar-refractivity contribution in [2.45, 2.75) is 6.36 Å². The molecule has 39 heavy (non-hydrogen) atoms. The molecule has 5 rings (SSSR count). The molecule has 0 saturated carbocycles. The lowest BCUT2D eigenvalue weighted by molar-refractivity contribution is -0.274. The summed E-state index contributed by atoms with van der Waals surface area (Å²) in [5.74, 6) is -1.97. The molecule has 0 saturated heterocycles. The van der Waals surface area contributed by atoms with Crippen molar-refractivity contribution in [2.24, 2.45) is 4.40 Å². The van der Waals surface area contributed by atoms with Crippen molar-refractivity contribution in [2.75, 3.05) is 5.32 Å². The van der Waals surface area contributed by atoms with Gasteiger partial charge >= 0.3 is 12.4 Å². The Morgan fingerprint density at radius 1 is 1.00 bits per heavy atom. The number of rotatable bonds is 6. The van der Waals surface area contributed by atoms with E-state index in [1.807, 2.05) is 30.3 Å². The van der Waals surface area contributed by atoms with Crippen LogP contribution in [-0.2, 0) is 0 Å². The first-order chi connectivity index (χ1) is 18.7. The maximum Gasteiger partial charge on any atom is 0.573 e. The van der Waals surface area contributed by atoms with Crippen LogP contribution in [0.4, 0.5) is 32.4 Å². The Morgan fingerprint density at radius 3 is 2.54 bits per heavy atom. The van der Waals surface area contributed by atoms with Crippen molar-refractivity contribution < 1.29 is 31.5 Å². The number of halogens is 5. The summed E-state index contributed by atoms with van der Waals surface area (Å²) in [4.78, 5) is 16.4. The lowest BCUT2D eigenvalue weighted by Crippen LogP contribution is -2.22. The molecule has 13 heteroatoms. The van der Waals surface area contributed by atoms with E-state index in [1.54, 1.807) is 10.9 Å². The first-order valence-electron chi connectivity index (χ1n) is 11.1. The zero-order valence-electron chi connectivity index (χ0n) is 19.5. The van der Waals surface area contributed by atoms with Crippen LogP contribution in [-0.4, -0.2) is 28.2 Å². The highest BCUT2D eigenvalue weighted by atomic mass is 32.2. The van der Waals surface area contributed by atoms with Gasteiger partial charge in [0.25, 0.3) is 0 Å². The summed E-state index contributed by atoms with van der Waals surface area (Å²) in [5, 5.41) is 3.98. The van der Waals surface area contributed by atoms with Gasteiger partial charge in [0, 0.05) is 23.4 Å². The van der Waals surface area contributed by atoms with Crippen LogP contribution in [0.3, 0.4) is 0 Å². The summed E-state index contributed by atoms with van der Waals surface area (Å²) in [6, 6.07) is 16.8. The maximum atomic E-state index is 13.6. The zero-order valence-corrected chi connectivity index (χ0v) is 20.4. The van der Waals surface area contributed by atoms with Crippen LogP contribution in [0.25, 0.3) is 27.5 Å². The second-order valence-corrected chi connectivity index (χ2v) is 8.67. The smallest absolute Gasteiger partial charge is 0.406 e. The van der Waals surface area contributed by atoms with Gasteiger partial charge in [-0.05, 0) is 59.5 Å². The molecule has 198 valence electrons. The molecule has 0 aliphatic rings. The topological polar surface area (TPSA) is 80.5 Å².